The molecule has 1 aromatic carbocycles. The molecule has 0 bridgehead atoms. The predicted molar refractivity (Wildman–Crippen MR) is 84.5 cm³/mol. The van der Waals surface area contributed by atoms with Crippen molar-refractivity contribution in [3.05, 3.63) is 54.4 Å². The fraction of sp³-hybridized carbons (Fsp3) is 0.188. The average Bonchev–Trinajstić information content (AvgIpc) is 2.59. The number of aromatic nitrogens is 1. The number of hydrogen-bond acceptors (Lipinski definition) is 5. The lowest BCUT2D eigenvalue weighted by Gasteiger charge is -2.20. The van der Waals surface area contributed by atoms with Crippen LogP contribution in [0.4, 0.5) is 0 Å². The monoisotopic (exact) mass is 314 g/mol. The van der Waals surface area contributed by atoms with E-state index in [1.807, 2.05) is 12.1 Å². The minimum Gasteiger partial charge on any atom is -0.339 e. The van der Waals surface area contributed by atoms with Crippen molar-refractivity contribution in [2.24, 2.45) is 5.73 Å². The first-order valence-corrected chi connectivity index (χ1v) is 7.04. The number of pyridine rings is 1. The summed E-state index contributed by atoms with van der Waals surface area (Å²) in [6, 6.07) is 8.94. The summed E-state index contributed by atoms with van der Waals surface area (Å²) in [7, 11) is 0. The van der Waals surface area contributed by atoms with Crippen LogP contribution in [-0.4, -0.2) is 34.1 Å². The Bertz CT molecular complexity index is 671. The van der Waals surface area contributed by atoms with Gasteiger partial charge in [0.05, 0.1) is 0 Å². The molecule has 0 saturated heterocycles. The SMILES string of the molecule is C[C@@H](N)[C@H](NC(=O)c1ccc(-c2cccnc2)cc1)C(=O)NO. The van der Waals surface area contributed by atoms with Gasteiger partial charge in [-0.3, -0.25) is 19.8 Å². The number of carbonyl (C=O) groups is 2. The van der Waals surface area contributed by atoms with Gasteiger partial charge in [-0.25, -0.2) is 5.48 Å². The molecular weight excluding hydrogens is 296 g/mol. The third-order valence-electron chi connectivity index (χ3n) is 3.35. The highest BCUT2D eigenvalue weighted by Gasteiger charge is 2.24. The second kappa shape index (κ2) is 7.48. The molecule has 2 amide bonds. The molecule has 2 rings (SSSR count). The Morgan fingerprint density at radius 1 is 1.17 bits per heavy atom. The van der Waals surface area contributed by atoms with E-state index >= 15 is 0 Å². The van der Waals surface area contributed by atoms with E-state index in [0.29, 0.717) is 5.56 Å². The quantitative estimate of drug-likeness (QED) is 0.479. The second-order valence-corrected chi connectivity index (χ2v) is 5.11. The molecule has 1 heterocycles. The van der Waals surface area contributed by atoms with Crippen LogP contribution in [-0.2, 0) is 4.79 Å². The zero-order valence-corrected chi connectivity index (χ0v) is 12.6. The fourth-order valence-electron chi connectivity index (χ4n) is 2.08. The number of nitrogens with zero attached hydrogens (tertiary/aromatic N) is 1. The van der Waals surface area contributed by atoms with Gasteiger partial charge in [-0.1, -0.05) is 18.2 Å². The van der Waals surface area contributed by atoms with Crippen molar-refractivity contribution in [1.82, 2.24) is 15.8 Å². The Morgan fingerprint density at radius 2 is 1.87 bits per heavy atom. The molecule has 0 unspecified atom stereocenters. The van der Waals surface area contributed by atoms with Crippen molar-refractivity contribution in [3.8, 4) is 11.1 Å². The van der Waals surface area contributed by atoms with Crippen molar-refractivity contribution < 1.29 is 14.8 Å². The highest BCUT2D eigenvalue weighted by molar-refractivity contribution is 5.98. The number of hydroxylamine groups is 1. The molecule has 7 heteroatoms. The van der Waals surface area contributed by atoms with Crippen molar-refractivity contribution in [2.45, 2.75) is 19.0 Å². The van der Waals surface area contributed by atoms with Gasteiger partial charge in [0.1, 0.15) is 6.04 Å². The molecule has 2 atom stereocenters. The van der Waals surface area contributed by atoms with Crippen LogP contribution in [0.1, 0.15) is 17.3 Å². The first kappa shape index (κ1) is 16.6. The zero-order chi connectivity index (χ0) is 16.8. The topological polar surface area (TPSA) is 117 Å². The van der Waals surface area contributed by atoms with E-state index in [1.165, 1.54) is 5.48 Å². The lowest BCUT2D eigenvalue weighted by molar-refractivity contribution is -0.131. The van der Waals surface area contributed by atoms with Gasteiger partial charge < -0.3 is 11.1 Å². The minimum absolute atomic E-state index is 0.383. The summed E-state index contributed by atoms with van der Waals surface area (Å²) in [5.74, 6) is -1.21. The van der Waals surface area contributed by atoms with E-state index in [2.05, 4.69) is 10.3 Å². The van der Waals surface area contributed by atoms with Gasteiger partial charge in [0.2, 0.25) is 0 Å². The summed E-state index contributed by atoms with van der Waals surface area (Å²) in [5, 5.41) is 11.2. The maximum atomic E-state index is 12.2. The highest BCUT2D eigenvalue weighted by Crippen LogP contribution is 2.18. The molecule has 2 aromatic rings. The third kappa shape index (κ3) is 4.12. The van der Waals surface area contributed by atoms with Crippen LogP contribution in [0.25, 0.3) is 11.1 Å². The number of nitrogens with one attached hydrogen (secondary N) is 2. The summed E-state index contributed by atoms with van der Waals surface area (Å²) >= 11 is 0. The van der Waals surface area contributed by atoms with E-state index in [1.54, 1.807) is 43.6 Å². The van der Waals surface area contributed by atoms with Gasteiger partial charge in [-0.05, 0) is 36.2 Å². The third-order valence-corrected chi connectivity index (χ3v) is 3.35. The summed E-state index contributed by atoms with van der Waals surface area (Å²) in [6.45, 7) is 1.56. The lowest BCUT2D eigenvalue weighted by Crippen LogP contribution is -2.54. The molecule has 0 aliphatic rings. The highest BCUT2D eigenvalue weighted by atomic mass is 16.5. The molecule has 7 nitrogen and oxygen atoms in total. The number of amides is 2. The summed E-state index contributed by atoms with van der Waals surface area (Å²) < 4.78 is 0. The number of benzene rings is 1. The zero-order valence-electron chi connectivity index (χ0n) is 12.6. The van der Waals surface area contributed by atoms with Gasteiger partial charge in [-0.2, -0.15) is 0 Å². The van der Waals surface area contributed by atoms with Gasteiger partial charge in [0.25, 0.3) is 11.8 Å². The van der Waals surface area contributed by atoms with Crippen LogP contribution >= 0.6 is 0 Å². The van der Waals surface area contributed by atoms with Crippen molar-refractivity contribution in [3.63, 3.8) is 0 Å². The summed E-state index contributed by atoms with van der Waals surface area (Å²) in [6.07, 6.45) is 3.42. The maximum absolute atomic E-state index is 12.2. The van der Waals surface area contributed by atoms with Crippen LogP contribution < -0.4 is 16.5 Å². The van der Waals surface area contributed by atoms with Crippen molar-refractivity contribution in [1.29, 1.82) is 0 Å². The summed E-state index contributed by atoms with van der Waals surface area (Å²) in [4.78, 5) is 27.7. The second-order valence-electron chi connectivity index (χ2n) is 5.11. The Labute approximate surface area is 133 Å². The van der Waals surface area contributed by atoms with E-state index in [-0.39, 0.29) is 0 Å². The Balaban J connectivity index is 2.12. The van der Waals surface area contributed by atoms with E-state index in [0.717, 1.165) is 11.1 Å². The van der Waals surface area contributed by atoms with Crippen molar-refractivity contribution in [2.75, 3.05) is 0 Å². The first-order chi connectivity index (χ1) is 11.0. The molecule has 1 aromatic heterocycles. The van der Waals surface area contributed by atoms with Gasteiger partial charge in [-0.15, -0.1) is 0 Å². The molecule has 120 valence electrons. The normalized spacial score (nSPS) is 13.0. The van der Waals surface area contributed by atoms with Gasteiger partial charge in [0.15, 0.2) is 0 Å². The Kier molecular flexibility index (Phi) is 5.40. The van der Waals surface area contributed by atoms with Gasteiger partial charge in [0, 0.05) is 24.0 Å². The Morgan fingerprint density at radius 3 is 2.39 bits per heavy atom. The standard InChI is InChI=1S/C16H18N4O3/c1-10(17)14(16(22)20-23)19-15(21)12-6-4-11(5-7-12)13-3-2-8-18-9-13/h2-10,14,23H,17H2,1H3,(H,19,21)(H,20,22)/t10-,14+/m1/s1. The molecule has 23 heavy (non-hydrogen) atoms. The van der Waals surface area contributed by atoms with Crippen LogP contribution in [0, 0.1) is 0 Å². The molecule has 0 aliphatic heterocycles. The van der Waals surface area contributed by atoms with Crippen molar-refractivity contribution >= 4 is 11.8 Å². The molecule has 0 aliphatic carbocycles. The van der Waals surface area contributed by atoms with E-state index < -0.39 is 23.9 Å². The van der Waals surface area contributed by atoms with E-state index in [4.69, 9.17) is 10.9 Å². The predicted octanol–water partition coefficient (Wildman–Crippen LogP) is 0.700. The lowest BCUT2D eigenvalue weighted by atomic mass is 10.0. The fourth-order valence-corrected chi connectivity index (χ4v) is 2.08. The number of rotatable bonds is 5. The molecule has 0 saturated carbocycles. The van der Waals surface area contributed by atoms with Crippen LogP contribution in [0.3, 0.4) is 0 Å². The summed E-state index contributed by atoms with van der Waals surface area (Å²) in [5.41, 5.74) is 9.38. The molecule has 0 radical (unpaired) electrons. The minimum atomic E-state index is -1.02. The molecule has 0 spiro atoms. The smallest absolute Gasteiger partial charge is 0.267 e. The first-order valence-electron chi connectivity index (χ1n) is 7.04. The van der Waals surface area contributed by atoms with E-state index in [9.17, 15) is 9.59 Å². The maximum Gasteiger partial charge on any atom is 0.267 e. The van der Waals surface area contributed by atoms with Gasteiger partial charge >= 0.3 is 0 Å². The van der Waals surface area contributed by atoms with Crippen LogP contribution in [0.15, 0.2) is 48.8 Å². The molecular formula is C16H18N4O3. The molecule has 5 N–H and O–H groups in total. The number of hydrogen-bond donors (Lipinski definition) is 4. The van der Waals surface area contributed by atoms with Crippen LogP contribution in [0.2, 0.25) is 0 Å². The average molecular weight is 314 g/mol. The number of nitrogens with two attached hydrogens (primary N) is 1. The Hall–Kier alpha value is -2.77. The number of carbonyl (C=O) groups excluding carboxylic acids is 2. The largest absolute Gasteiger partial charge is 0.339 e. The van der Waals surface area contributed by atoms with Crippen LogP contribution in [0.5, 0.6) is 0 Å². The molecule has 0 fully saturated rings.